The van der Waals surface area contributed by atoms with E-state index in [9.17, 15) is 8.42 Å². The van der Waals surface area contributed by atoms with Gasteiger partial charge in [-0.25, -0.2) is 8.42 Å². The number of halogens is 1. The molecule has 14 heavy (non-hydrogen) atoms. The summed E-state index contributed by atoms with van der Waals surface area (Å²) < 4.78 is 24.2. The summed E-state index contributed by atoms with van der Waals surface area (Å²) in [4.78, 5) is 0.838. The number of thiophene rings is 1. The molecule has 6 heteroatoms. The summed E-state index contributed by atoms with van der Waals surface area (Å²) in [7, 11) is -3.10. The maximum atomic E-state index is 11.7. The smallest absolute Gasteiger partial charge is 0.159 e. The van der Waals surface area contributed by atoms with Gasteiger partial charge in [0.1, 0.15) is 0 Å². The number of hydrogen-bond donors (Lipinski definition) is 1. The van der Waals surface area contributed by atoms with Gasteiger partial charge in [0.05, 0.1) is 11.0 Å². The minimum Gasteiger partial charge on any atom is -0.329 e. The Morgan fingerprint density at radius 2 is 2.29 bits per heavy atom. The van der Waals surface area contributed by atoms with Gasteiger partial charge in [-0.15, -0.1) is 11.3 Å². The Morgan fingerprint density at radius 1 is 1.64 bits per heavy atom. The van der Waals surface area contributed by atoms with Crippen molar-refractivity contribution in [3.63, 3.8) is 0 Å². The van der Waals surface area contributed by atoms with Crippen molar-refractivity contribution in [1.82, 2.24) is 0 Å². The quantitative estimate of drug-likeness (QED) is 0.921. The van der Waals surface area contributed by atoms with Gasteiger partial charge in [-0.1, -0.05) is 0 Å². The number of nitrogens with two attached hydrogens (primary N) is 1. The Hall–Kier alpha value is 0.0900. The molecule has 0 spiro atoms. The van der Waals surface area contributed by atoms with Crippen LogP contribution in [-0.4, -0.2) is 20.2 Å². The maximum absolute atomic E-state index is 11.7. The summed E-state index contributed by atoms with van der Waals surface area (Å²) >= 11 is 4.74. The van der Waals surface area contributed by atoms with Crippen LogP contribution in [0.5, 0.6) is 0 Å². The van der Waals surface area contributed by atoms with Gasteiger partial charge >= 0.3 is 0 Å². The molecule has 0 radical (unpaired) electrons. The third-order valence-corrected chi connectivity index (χ3v) is 6.19. The first-order valence-electron chi connectivity index (χ1n) is 4.11. The molecule has 1 heterocycles. The van der Waals surface area contributed by atoms with E-state index in [2.05, 4.69) is 15.9 Å². The Morgan fingerprint density at radius 3 is 2.71 bits per heavy atom. The van der Waals surface area contributed by atoms with E-state index in [4.69, 9.17) is 5.73 Å². The van der Waals surface area contributed by atoms with E-state index in [-0.39, 0.29) is 12.3 Å². The summed E-state index contributed by atoms with van der Waals surface area (Å²) in [6.07, 6.45) is 0. The summed E-state index contributed by atoms with van der Waals surface area (Å²) in [5, 5.41) is 1.39. The standard InChI is InChI=1S/C8H12BrNO2S2/c1-6(4-10)14(11,12)5-8-7(9)2-3-13-8/h2-3,6H,4-5,10H2,1H3. The lowest BCUT2D eigenvalue weighted by atomic mass is 10.5. The largest absolute Gasteiger partial charge is 0.329 e. The second-order valence-corrected chi connectivity index (χ2v) is 7.32. The molecule has 1 aromatic rings. The minimum atomic E-state index is -3.10. The van der Waals surface area contributed by atoms with Crippen LogP contribution in [0.1, 0.15) is 11.8 Å². The van der Waals surface area contributed by atoms with E-state index in [1.807, 2.05) is 11.4 Å². The van der Waals surface area contributed by atoms with Crippen LogP contribution in [0.15, 0.2) is 15.9 Å². The topological polar surface area (TPSA) is 60.2 Å². The SMILES string of the molecule is CC(CN)S(=O)(=O)Cc1sccc1Br. The molecule has 0 aliphatic carbocycles. The van der Waals surface area contributed by atoms with Crippen molar-refractivity contribution in [2.75, 3.05) is 6.54 Å². The predicted octanol–water partition coefficient (Wildman–Crippen LogP) is 1.77. The first-order chi connectivity index (χ1) is 6.47. The van der Waals surface area contributed by atoms with E-state index in [0.29, 0.717) is 0 Å². The van der Waals surface area contributed by atoms with Gasteiger partial charge < -0.3 is 5.73 Å². The zero-order valence-corrected chi connectivity index (χ0v) is 11.0. The average Bonchev–Trinajstić information content (AvgIpc) is 2.50. The van der Waals surface area contributed by atoms with Gasteiger partial charge in [-0.05, 0) is 34.3 Å². The summed E-state index contributed by atoms with van der Waals surface area (Å²) in [6.45, 7) is 1.81. The van der Waals surface area contributed by atoms with Crippen molar-refractivity contribution in [3.8, 4) is 0 Å². The summed E-state index contributed by atoms with van der Waals surface area (Å²) in [6, 6.07) is 1.85. The van der Waals surface area contributed by atoms with Crippen molar-refractivity contribution in [2.45, 2.75) is 17.9 Å². The number of sulfone groups is 1. The molecular weight excluding hydrogens is 286 g/mol. The highest BCUT2D eigenvalue weighted by molar-refractivity contribution is 9.10. The lowest BCUT2D eigenvalue weighted by Gasteiger charge is -2.09. The summed E-state index contributed by atoms with van der Waals surface area (Å²) in [5.74, 6) is 0.0730. The molecule has 0 saturated heterocycles. The molecule has 0 amide bonds. The second kappa shape index (κ2) is 4.74. The van der Waals surface area contributed by atoms with Crippen molar-refractivity contribution in [1.29, 1.82) is 0 Å². The zero-order valence-electron chi connectivity index (χ0n) is 7.73. The third kappa shape index (κ3) is 2.79. The molecule has 0 bridgehead atoms. The molecule has 1 atom stereocenters. The molecule has 1 rings (SSSR count). The molecule has 0 saturated carbocycles. The van der Waals surface area contributed by atoms with E-state index in [0.717, 1.165) is 9.35 Å². The Kier molecular flexibility index (Phi) is 4.12. The lowest BCUT2D eigenvalue weighted by molar-refractivity contribution is 0.583. The molecule has 1 unspecified atom stereocenters. The van der Waals surface area contributed by atoms with Gasteiger partial charge in [0.15, 0.2) is 9.84 Å². The third-order valence-electron chi connectivity index (χ3n) is 1.97. The van der Waals surface area contributed by atoms with Crippen LogP contribution in [0, 0.1) is 0 Å². The highest BCUT2D eigenvalue weighted by Gasteiger charge is 2.21. The monoisotopic (exact) mass is 297 g/mol. The van der Waals surface area contributed by atoms with Crippen molar-refractivity contribution >= 4 is 37.1 Å². The normalized spacial score (nSPS) is 14.2. The molecule has 1 aromatic heterocycles. The van der Waals surface area contributed by atoms with Crippen LogP contribution in [0.2, 0.25) is 0 Å². The van der Waals surface area contributed by atoms with Gasteiger partial charge in [-0.3, -0.25) is 0 Å². The van der Waals surface area contributed by atoms with E-state index >= 15 is 0 Å². The first-order valence-corrected chi connectivity index (χ1v) is 7.49. The molecular formula is C8H12BrNO2S2. The molecule has 3 nitrogen and oxygen atoms in total. The molecule has 2 N–H and O–H groups in total. The fraction of sp³-hybridized carbons (Fsp3) is 0.500. The molecule has 80 valence electrons. The lowest BCUT2D eigenvalue weighted by Crippen LogP contribution is -2.27. The predicted molar refractivity (Wildman–Crippen MR) is 63.2 cm³/mol. The average molecular weight is 298 g/mol. The van der Waals surface area contributed by atoms with Gasteiger partial charge in [-0.2, -0.15) is 0 Å². The Balaban J connectivity index is 2.84. The molecule has 0 fully saturated rings. The Bertz CT molecular complexity index is 399. The fourth-order valence-corrected chi connectivity index (χ4v) is 4.23. The Labute approximate surface area is 96.4 Å². The highest BCUT2D eigenvalue weighted by atomic mass is 79.9. The van der Waals surface area contributed by atoms with Crippen LogP contribution >= 0.6 is 27.3 Å². The van der Waals surface area contributed by atoms with Gasteiger partial charge in [0.2, 0.25) is 0 Å². The van der Waals surface area contributed by atoms with Crippen LogP contribution in [0.25, 0.3) is 0 Å². The second-order valence-electron chi connectivity index (χ2n) is 3.05. The van der Waals surface area contributed by atoms with Crippen molar-refractivity contribution in [2.24, 2.45) is 5.73 Å². The number of rotatable bonds is 4. The zero-order chi connectivity index (χ0) is 10.8. The number of hydrogen-bond acceptors (Lipinski definition) is 4. The molecule has 0 aromatic carbocycles. The highest BCUT2D eigenvalue weighted by Crippen LogP contribution is 2.25. The molecule has 0 aliphatic heterocycles. The maximum Gasteiger partial charge on any atom is 0.159 e. The fourth-order valence-electron chi connectivity index (χ4n) is 0.900. The van der Waals surface area contributed by atoms with Crippen molar-refractivity contribution in [3.05, 3.63) is 20.8 Å². The first kappa shape index (κ1) is 12.2. The summed E-state index contributed by atoms with van der Waals surface area (Å²) in [5.41, 5.74) is 5.34. The van der Waals surface area contributed by atoms with Gasteiger partial charge in [0.25, 0.3) is 0 Å². The van der Waals surface area contributed by atoms with Gasteiger partial charge in [0, 0.05) is 15.9 Å². The van der Waals surface area contributed by atoms with Crippen molar-refractivity contribution < 1.29 is 8.42 Å². The minimum absolute atomic E-state index is 0.0730. The van der Waals surface area contributed by atoms with Crippen LogP contribution in [0.4, 0.5) is 0 Å². The van der Waals surface area contributed by atoms with E-state index < -0.39 is 15.1 Å². The van der Waals surface area contributed by atoms with E-state index in [1.165, 1.54) is 11.3 Å². The van der Waals surface area contributed by atoms with Crippen LogP contribution < -0.4 is 5.73 Å². The van der Waals surface area contributed by atoms with Crippen LogP contribution in [-0.2, 0) is 15.6 Å². The molecule has 0 aliphatic rings. The van der Waals surface area contributed by atoms with Crippen LogP contribution in [0.3, 0.4) is 0 Å². The van der Waals surface area contributed by atoms with E-state index in [1.54, 1.807) is 6.92 Å².